The smallest absolute Gasteiger partial charge is 0.255 e. The van der Waals surface area contributed by atoms with Crippen LogP contribution in [0.4, 0.5) is 5.69 Å². The molecule has 0 bridgehead atoms. The molecule has 0 aliphatic rings. The first kappa shape index (κ1) is 13.4. The average Bonchev–Trinajstić information content (AvgIpc) is 2.39. The molecule has 1 N–H and O–H groups in total. The Balaban J connectivity index is 2.24. The molecule has 0 spiro atoms. The van der Waals surface area contributed by atoms with Gasteiger partial charge in [0.15, 0.2) is 0 Å². The number of benzene rings is 2. The predicted octanol–water partition coefficient (Wildman–Crippen LogP) is 4.63. The number of halogens is 1. The SMILES string of the molecule is C=C(C)c1ccccc1NC(=O)c1ccc(Cl)cc1. The van der Waals surface area contributed by atoms with Crippen LogP contribution in [0.3, 0.4) is 0 Å². The minimum atomic E-state index is -0.162. The van der Waals surface area contributed by atoms with Crippen LogP contribution in [0.2, 0.25) is 5.02 Å². The number of carbonyl (C=O) groups excluding carboxylic acids is 1. The van der Waals surface area contributed by atoms with Crippen LogP contribution < -0.4 is 5.32 Å². The Labute approximate surface area is 117 Å². The molecule has 0 saturated heterocycles. The molecule has 19 heavy (non-hydrogen) atoms. The topological polar surface area (TPSA) is 29.1 Å². The van der Waals surface area contributed by atoms with Crippen molar-refractivity contribution in [3.63, 3.8) is 0 Å². The molecular formula is C16H14ClNO. The number of allylic oxidation sites excluding steroid dienone is 1. The highest BCUT2D eigenvalue weighted by Gasteiger charge is 2.08. The number of para-hydroxylation sites is 1. The van der Waals surface area contributed by atoms with Crippen molar-refractivity contribution in [2.24, 2.45) is 0 Å². The fourth-order valence-corrected chi connectivity index (χ4v) is 1.89. The van der Waals surface area contributed by atoms with Crippen molar-refractivity contribution >= 4 is 28.8 Å². The monoisotopic (exact) mass is 271 g/mol. The van der Waals surface area contributed by atoms with Gasteiger partial charge in [-0.25, -0.2) is 0 Å². The molecule has 0 fully saturated rings. The predicted molar refractivity (Wildman–Crippen MR) is 80.6 cm³/mol. The van der Waals surface area contributed by atoms with Crippen molar-refractivity contribution in [1.29, 1.82) is 0 Å². The highest BCUT2D eigenvalue weighted by molar-refractivity contribution is 6.30. The third-order valence-corrected chi connectivity index (χ3v) is 2.99. The quantitative estimate of drug-likeness (QED) is 0.867. The van der Waals surface area contributed by atoms with Crippen LogP contribution in [0.1, 0.15) is 22.8 Å². The number of hydrogen-bond donors (Lipinski definition) is 1. The molecule has 3 heteroatoms. The molecule has 0 radical (unpaired) electrons. The number of amides is 1. The number of nitrogens with one attached hydrogen (secondary N) is 1. The van der Waals surface area contributed by atoms with E-state index in [-0.39, 0.29) is 5.91 Å². The highest BCUT2D eigenvalue weighted by atomic mass is 35.5. The summed E-state index contributed by atoms with van der Waals surface area (Å²) in [5.41, 5.74) is 3.17. The fourth-order valence-electron chi connectivity index (χ4n) is 1.76. The Morgan fingerprint density at radius 2 is 1.74 bits per heavy atom. The number of carbonyl (C=O) groups is 1. The lowest BCUT2D eigenvalue weighted by Crippen LogP contribution is -2.12. The Morgan fingerprint density at radius 3 is 2.37 bits per heavy atom. The number of rotatable bonds is 3. The zero-order chi connectivity index (χ0) is 13.8. The zero-order valence-electron chi connectivity index (χ0n) is 10.6. The lowest BCUT2D eigenvalue weighted by atomic mass is 10.1. The van der Waals surface area contributed by atoms with E-state index in [4.69, 9.17) is 11.6 Å². The Hall–Kier alpha value is -2.06. The van der Waals surface area contributed by atoms with Gasteiger partial charge in [0.2, 0.25) is 0 Å². The molecule has 2 aromatic rings. The first-order valence-electron chi connectivity index (χ1n) is 5.90. The van der Waals surface area contributed by atoms with Crippen molar-refractivity contribution in [1.82, 2.24) is 0 Å². The first-order valence-corrected chi connectivity index (χ1v) is 6.27. The van der Waals surface area contributed by atoms with Gasteiger partial charge in [-0.05, 0) is 42.8 Å². The van der Waals surface area contributed by atoms with Crippen LogP contribution >= 0.6 is 11.6 Å². The zero-order valence-corrected chi connectivity index (χ0v) is 11.4. The van der Waals surface area contributed by atoms with Crippen molar-refractivity contribution < 1.29 is 4.79 Å². The van der Waals surface area contributed by atoms with Crippen molar-refractivity contribution in [2.45, 2.75) is 6.92 Å². The second-order valence-corrected chi connectivity index (χ2v) is 4.72. The van der Waals surface area contributed by atoms with Gasteiger partial charge < -0.3 is 5.32 Å². The molecule has 0 unspecified atom stereocenters. The highest BCUT2D eigenvalue weighted by Crippen LogP contribution is 2.22. The molecule has 0 heterocycles. The van der Waals surface area contributed by atoms with Crippen LogP contribution in [-0.4, -0.2) is 5.91 Å². The second-order valence-electron chi connectivity index (χ2n) is 4.29. The van der Waals surface area contributed by atoms with Crippen LogP contribution in [-0.2, 0) is 0 Å². The van der Waals surface area contributed by atoms with E-state index in [0.29, 0.717) is 10.6 Å². The van der Waals surface area contributed by atoms with Crippen LogP contribution in [0.25, 0.3) is 5.57 Å². The molecule has 0 atom stereocenters. The summed E-state index contributed by atoms with van der Waals surface area (Å²) in [6, 6.07) is 14.4. The molecule has 2 rings (SSSR count). The Morgan fingerprint density at radius 1 is 1.11 bits per heavy atom. The summed E-state index contributed by atoms with van der Waals surface area (Å²) < 4.78 is 0. The van der Waals surface area contributed by atoms with Crippen molar-refractivity contribution in [3.8, 4) is 0 Å². The maximum Gasteiger partial charge on any atom is 0.255 e. The van der Waals surface area contributed by atoms with Crippen LogP contribution in [0.5, 0.6) is 0 Å². The lowest BCUT2D eigenvalue weighted by Gasteiger charge is -2.10. The summed E-state index contributed by atoms with van der Waals surface area (Å²) in [6.07, 6.45) is 0. The van der Waals surface area contributed by atoms with E-state index in [1.165, 1.54) is 0 Å². The van der Waals surface area contributed by atoms with Gasteiger partial charge in [-0.1, -0.05) is 36.4 Å². The second kappa shape index (κ2) is 5.72. The minimum Gasteiger partial charge on any atom is -0.321 e. The molecule has 1 amide bonds. The molecular weight excluding hydrogens is 258 g/mol. The van der Waals surface area contributed by atoms with Gasteiger partial charge in [0.05, 0.1) is 0 Å². The van der Waals surface area contributed by atoms with Crippen molar-refractivity contribution in [2.75, 3.05) is 5.32 Å². The van der Waals surface area contributed by atoms with E-state index >= 15 is 0 Å². The summed E-state index contributed by atoms with van der Waals surface area (Å²) in [5, 5.41) is 3.49. The first-order chi connectivity index (χ1) is 9.08. The van der Waals surface area contributed by atoms with Gasteiger partial charge in [0, 0.05) is 21.8 Å². The summed E-state index contributed by atoms with van der Waals surface area (Å²) >= 11 is 5.80. The summed E-state index contributed by atoms with van der Waals surface area (Å²) in [5.74, 6) is -0.162. The fraction of sp³-hybridized carbons (Fsp3) is 0.0625. The molecule has 2 aromatic carbocycles. The Kier molecular flexibility index (Phi) is 4.03. The molecule has 0 saturated carbocycles. The van der Waals surface area contributed by atoms with E-state index in [1.54, 1.807) is 24.3 Å². The maximum atomic E-state index is 12.1. The normalized spacial score (nSPS) is 10.0. The largest absolute Gasteiger partial charge is 0.321 e. The van der Waals surface area contributed by atoms with Crippen LogP contribution in [0.15, 0.2) is 55.1 Å². The number of hydrogen-bond acceptors (Lipinski definition) is 1. The summed E-state index contributed by atoms with van der Waals surface area (Å²) in [7, 11) is 0. The lowest BCUT2D eigenvalue weighted by molar-refractivity contribution is 0.102. The van der Waals surface area contributed by atoms with Gasteiger partial charge in [0.1, 0.15) is 0 Å². The maximum absolute atomic E-state index is 12.1. The van der Waals surface area contributed by atoms with E-state index in [0.717, 1.165) is 16.8 Å². The van der Waals surface area contributed by atoms with Crippen LogP contribution in [0, 0.1) is 0 Å². The number of anilines is 1. The van der Waals surface area contributed by atoms with E-state index < -0.39 is 0 Å². The van der Waals surface area contributed by atoms with Gasteiger partial charge in [-0.3, -0.25) is 4.79 Å². The molecule has 96 valence electrons. The van der Waals surface area contributed by atoms with Gasteiger partial charge in [-0.15, -0.1) is 0 Å². The standard InChI is InChI=1S/C16H14ClNO/c1-11(2)14-5-3-4-6-15(14)18-16(19)12-7-9-13(17)10-8-12/h3-10H,1H2,2H3,(H,18,19). The van der Waals surface area contributed by atoms with Gasteiger partial charge >= 0.3 is 0 Å². The minimum absolute atomic E-state index is 0.162. The average molecular weight is 272 g/mol. The molecule has 0 aliphatic carbocycles. The summed E-state index contributed by atoms with van der Waals surface area (Å²) in [4.78, 5) is 12.1. The third-order valence-electron chi connectivity index (χ3n) is 2.74. The van der Waals surface area contributed by atoms with E-state index in [2.05, 4.69) is 11.9 Å². The van der Waals surface area contributed by atoms with Crippen molar-refractivity contribution in [3.05, 3.63) is 71.3 Å². The molecule has 0 aliphatic heterocycles. The molecule has 2 nitrogen and oxygen atoms in total. The van der Waals surface area contributed by atoms with E-state index in [1.807, 2.05) is 31.2 Å². The van der Waals surface area contributed by atoms with Gasteiger partial charge in [0.25, 0.3) is 5.91 Å². The third kappa shape index (κ3) is 3.24. The summed E-state index contributed by atoms with van der Waals surface area (Å²) in [6.45, 7) is 5.82. The van der Waals surface area contributed by atoms with Gasteiger partial charge in [-0.2, -0.15) is 0 Å². The van der Waals surface area contributed by atoms with E-state index in [9.17, 15) is 4.79 Å². The molecule has 0 aromatic heterocycles. The Bertz CT molecular complexity index is 617.